The van der Waals surface area contributed by atoms with Crippen LogP contribution in [-0.2, 0) is 9.63 Å². The van der Waals surface area contributed by atoms with E-state index < -0.39 is 6.10 Å². The molecule has 1 unspecified atom stereocenters. The topological polar surface area (TPSA) is 69.2 Å². The SMILES string of the molecule is COc1ccc(C2=NOC(C(=O)NC3CCCCC3)C2)c(OC)c1. The Bertz CT molecular complexity index is 623. The van der Waals surface area contributed by atoms with Gasteiger partial charge in [0.25, 0.3) is 5.91 Å². The lowest BCUT2D eigenvalue weighted by molar-refractivity contribution is -0.132. The zero-order valence-corrected chi connectivity index (χ0v) is 14.2. The quantitative estimate of drug-likeness (QED) is 0.900. The summed E-state index contributed by atoms with van der Waals surface area (Å²) in [5, 5.41) is 7.19. The first-order valence-electron chi connectivity index (χ1n) is 8.46. The normalized spacial score (nSPS) is 20.9. The number of benzene rings is 1. The number of carbonyl (C=O) groups is 1. The first-order valence-corrected chi connectivity index (χ1v) is 8.46. The number of rotatable bonds is 5. The Morgan fingerprint density at radius 1 is 1.21 bits per heavy atom. The lowest BCUT2D eigenvalue weighted by Crippen LogP contribution is -2.42. The highest BCUT2D eigenvalue weighted by atomic mass is 16.6. The van der Waals surface area contributed by atoms with Crippen LogP contribution in [0.3, 0.4) is 0 Å². The van der Waals surface area contributed by atoms with Gasteiger partial charge in [-0.2, -0.15) is 0 Å². The number of nitrogens with zero attached hydrogens (tertiary/aromatic N) is 1. The van der Waals surface area contributed by atoms with Crippen molar-refractivity contribution in [1.29, 1.82) is 0 Å². The van der Waals surface area contributed by atoms with Crippen LogP contribution in [0.4, 0.5) is 0 Å². The number of amides is 1. The van der Waals surface area contributed by atoms with Crippen LogP contribution in [0.1, 0.15) is 44.1 Å². The highest BCUT2D eigenvalue weighted by molar-refractivity contribution is 6.06. The molecule has 1 N–H and O–H groups in total. The van der Waals surface area contributed by atoms with Gasteiger partial charge >= 0.3 is 0 Å². The third kappa shape index (κ3) is 3.63. The van der Waals surface area contributed by atoms with Crippen molar-refractivity contribution >= 4 is 11.6 Å². The summed E-state index contributed by atoms with van der Waals surface area (Å²) in [6.07, 6.45) is 5.62. The van der Waals surface area contributed by atoms with Crippen LogP contribution < -0.4 is 14.8 Å². The largest absolute Gasteiger partial charge is 0.497 e. The van der Waals surface area contributed by atoms with E-state index >= 15 is 0 Å². The molecule has 1 fully saturated rings. The number of hydrogen-bond donors (Lipinski definition) is 1. The van der Waals surface area contributed by atoms with Gasteiger partial charge in [0.2, 0.25) is 6.10 Å². The van der Waals surface area contributed by atoms with Crippen LogP contribution in [0.5, 0.6) is 11.5 Å². The van der Waals surface area contributed by atoms with Crippen LogP contribution in [0.15, 0.2) is 23.4 Å². The molecule has 3 rings (SSSR count). The first kappa shape index (κ1) is 16.6. The summed E-state index contributed by atoms with van der Waals surface area (Å²) in [6, 6.07) is 5.79. The van der Waals surface area contributed by atoms with Gasteiger partial charge in [0, 0.05) is 24.1 Å². The van der Waals surface area contributed by atoms with Gasteiger partial charge in [-0.25, -0.2) is 0 Å². The molecular weight excluding hydrogens is 308 g/mol. The van der Waals surface area contributed by atoms with Crippen molar-refractivity contribution in [2.45, 2.75) is 50.7 Å². The minimum absolute atomic E-state index is 0.0758. The van der Waals surface area contributed by atoms with E-state index in [1.54, 1.807) is 20.3 Å². The van der Waals surface area contributed by atoms with Crippen LogP contribution in [-0.4, -0.2) is 38.0 Å². The lowest BCUT2D eigenvalue weighted by atomic mass is 9.95. The van der Waals surface area contributed by atoms with E-state index in [0.717, 1.165) is 24.1 Å². The summed E-state index contributed by atoms with van der Waals surface area (Å²) >= 11 is 0. The number of hydrogen-bond acceptors (Lipinski definition) is 5. The summed E-state index contributed by atoms with van der Waals surface area (Å²) in [6.45, 7) is 0. The molecule has 0 saturated heterocycles. The maximum atomic E-state index is 12.4. The Morgan fingerprint density at radius 3 is 2.71 bits per heavy atom. The molecule has 0 bridgehead atoms. The zero-order chi connectivity index (χ0) is 16.9. The minimum Gasteiger partial charge on any atom is -0.497 e. The van der Waals surface area contributed by atoms with Gasteiger partial charge in [-0.3, -0.25) is 4.79 Å². The number of methoxy groups -OCH3 is 2. The third-order valence-electron chi connectivity index (χ3n) is 4.63. The van der Waals surface area contributed by atoms with Gasteiger partial charge in [-0.15, -0.1) is 0 Å². The standard InChI is InChI=1S/C18H24N2O4/c1-22-13-8-9-14(16(10-13)23-2)15-11-17(24-20-15)18(21)19-12-6-4-3-5-7-12/h8-10,12,17H,3-7,11H2,1-2H3,(H,19,21). The van der Waals surface area contributed by atoms with Gasteiger partial charge in [0.1, 0.15) is 11.5 Å². The second-order valence-corrected chi connectivity index (χ2v) is 6.25. The molecule has 2 aliphatic rings. The summed E-state index contributed by atoms with van der Waals surface area (Å²) < 4.78 is 10.6. The molecule has 1 aromatic rings. The Morgan fingerprint density at radius 2 is 2.00 bits per heavy atom. The van der Waals surface area contributed by atoms with Crippen molar-refractivity contribution in [3.8, 4) is 11.5 Å². The van der Waals surface area contributed by atoms with Crippen molar-refractivity contribution in [1.82, 2.24) is 5.32 Å². The Hall–Kier alpha value is -2.24. The Balaban J connectivity index is 1.63. The highest BCUT2D eigenvalue weighted by Gasteiger charge is 2.31. The molecular formula is C18H24N2O4. The van der Waals surface area contributed by atoms with Crippen LogP contribution in [0.2, 0.25) is 0 Å². The number of nitrogens with one attached hydrogen (secondary N) is 1. The van der Waals surface area contributed by atoms with E-state index in [4.69, 9.17) is 14.3 Å². The molecule has 24 heavy (non-hydrogen) atoms. The Kier molecular flexibility index (Phi) is 5.23. The molecule has 0 spiro atoms. The predicted octanol–water partition coefficient (Wildman–Crippen LogP) is 2.65. The summed E-state index contributed by atoms with van der Waals surface area (Å²) in [5.41, 5.74) is 1.55. The van der Waals surface area contributed by atoms with Crippen LogP contribution in [0.25, 0.3) is 0 Å². The van der Waals surface area contributed by atoms with Crippen molar-refractivity contribution < 1.29 is 19.1 Å². The second-order valence-electron chi connectivity index (χ2n) is 6.25. The van der Waals surface area contributed by atoms with Crippen molar-refractivity contribution in [3.63, 3.8) is 0 Å². The van der Waals surface area contributed by atoms with E-state index in [-0.39, 0.29) is 11.9 Å². The fourth-order valence-corrected chi connectivity index (χ4v) is 3.26. The number of oxime groups is 1. The maximum absolute atomic E-state index is 12.4. The molecule has 1 aliphatic heterocycles. The van der Waals surface area contributed by atoms with Gasteiger partial charge in [-0.05, 0) is 25.0 Å². The molecule has 1 saturated carbocycles. The maximum Gasteiger partial charge on any atom is 0.264 e. The molecule has 1 aromatic carbocycles. The average molecular weight is 332 g/mol. The molecule has 6 heteroatoms. The van der Waals surface area contributed by atoms with Crippen LogP contribution >= 0.6 is 0 Å². The molecule has 0 radical (unpaired) electrons. The smallest absolute Gasteiger partial charge is 0.264 e. The van der Waals surface area contributed by atoms with E-state index in [1.165, 1.54) is 19.3 Å². The summed E-state index contributed by atoms with van der Waals surface area (Å²) in [4.78, 5) is 17.8. The van der Waals surface area contributed by atoms with Crippen LogP contribution in [0, 0.1) is 0 Å². The van der Waals surface area contributed by atoms with Crippen molar-refractivity contribution in [2.75, 3.05) is 14.2 Å². The molecule has 1 aliphatic carbocycles. The second kappa shape index (κ2) is 7.55. The number of carbonyl (C=O) groups excluding carboxylic acids is 1. The average Bonchev–Trinajstić information content (AvgIpc) is 3.12. The third-order valence-corrected chi connectivity index (χ3v) is 4.63. The van der Waals surface area contributed by atoms with E-state index in [9.17, 15) is 4.79 Å². The molecule has 6 nitrogen and oxygen atoms in total. The zero-order valence-electron chi connectivity index (χ0n) is 14.2. The minimum atomic E-state index is -0.561. The summed E-state index contributed by atoms with van der Waals surface area (Å²) in [5.74, 6) is 1.29. The lowest BCUT2D eigenvalue weighted by Gasteiger charge is -2.23. The van der Waals surface area contributed by atoms with Gasteiger partial charge in [0.15, 0.2) is 0 Å². The van der Waals surface area contributed by atoms with Gasteiger partial charge in [-0.1, -0.05) is 24.4 Å². The first-order chi connectivity index (χ1) is 11.7. The van der Waals surface area contributed by atoms with E-state index in [1.807, 2.05) is 12.1 Å². The van der Waals surface area contributed by atoms with Crippen molar-refractivity contribution in [3.05, 3.63) is 23.8 Å². The van der Waals surface area contributed by atoms with E-state index in [0.29, 0.717) is 17.9 Å². The van der Waals surface area contributed by atoms with Gasteiger partial charge in [0.05, 0.1) is 19.9 Å². The predicted molar refractivity (Wildman–Crippen MR) is 90.6 cm³/mol. The molecule has 0 aromatic heterocycles. The van der Waals surface area contributed by atoms with Gasteiger partial charge < -0.3 is 19.6 Å². The monoisotopic (exact) mass is 332 g/mol. The molecule has 1 atom stereocenters. The van der Waals surface area contributed by atoms with Crippen molar-refractivity contribution in [2.24, 2.45) is 5.16 Å². The summed E-state index contributed by atoms with van der Waals surface area (Å²) in [7, 11) is 3.21. The Labute approximate surface area is 142 Å². The fourth-order valence-electron chi connectivity index (χ4n) is 3.26. The number of ether oxygens (including phenoxy) is 2. The fraction of sp³-hybridized carbons (Fsp3) is 0.556. The highest BCUT2D eigenvalue weighted by Crippen LogP contribution is 2.29. The molecule has 1 heterocycles. The molecule has 130 valence electrons. The van der Waals surface area contributed by atoms with E-state index in [2.05, 4.69) is 10.5 Å². The molecule has 1 amide bonds.